The van der Waals surface area contributed by atoms with Crippen LogP contribution in [0.25, 0.3) is 10.9 Å². The highest BCUT2D eigenvalue weighted by atomic mass is 32.2. The summed E-state index contributed by atoms with van der Waals surface area (Å²) in [6.07, 6.45) is 1.40. The molecule has 7 nitrogen and oxygen atoms in total. The van der Waals surface area contributed by atoms with Gasteiger partial charge in [-0.1, -0.05) is 42.8 Å². The van der Waals surface area contributed by atoms with Gasteiger partial charge in [-0.15, -0.1) is 0 Å². The Balaban J connectivity index is 2.19. The van der Waals surface area contributed by atoms with Gasteiger partial charge in [-0.2, -0.15) is 0 Å². The molecule has 0 radical (unpaired) electrons. The highest BCUT2D eigenvalue weighted by Gasteiger charge is 2.38. The third-order valence-corrected chi connectivity index (χ3v) is 8.45. The third kappa shape index (κ3) is 3.69. The number of carbonyl (C=O) groups is 1. The first-order valence-corrected chi connectivity index (χ1v) is 11.8. The fourth-order valence-electron chi connectivity index (χ4n) is 3.17. The average molecular weight is 435 g/mol. The number of fused-ring (bicyclic) bond motifs is 1. The molecular formula is C20H22NO6PS. The highest BCUT2D eigenvalue weighted by molar-refractivity contribution is 7.90. The SMILES string of the molecule is COP(=O)(OC)C(=O)C(C)c1cn(S(=O)(=O)c2ccc(C)cc2)c2ccccc12. The largest absolute Gasteiger partial charge is 0.396 e. The number of carbonyl (C=O) groups excluding carboxylic acids is 1. The lowest BCUT2D eigenvalue weighted by molar-refractivity contribution is -0.114. The van der Waals surface area contributed by atoms with Crippen LogP contribution in [0.2, 0.25) is 0 Å². The Hall–Kier alpha value is -2.25. The van der Waals surface area contributed by atoms with E-state index in [-0.39, 0.29) is 4.90 Å². The zero-order valence-electron chi connectivity index (χ0n) is 16.5. The first kappa shape index (κ1) is 21.5. The maximum atomic E-state index is 13.2. The zero-order valence-corrected chi connectivity index (χ0v) is 18.2. The summed E-state index contributed by atoms with van der Waals surface area (Å²) < 4.78 is 49.8. The van der Waals surface area contributed by atoms with E-state index in [0.717, 1.165) is 23.8 Å². The van der Waals surface area contributed by atoms with E-state index in [0.29, 0.717) is 16.5 Å². The lowest BCUT2D eigenvalue weighted by atomic mass is 10.0. The second kappa shape index (κ2) is 7.88. The first-order valence-electron chi connectivity index (χ1n) is 8.84. The van der Waals surface area contributed by atoms with Crippen molar-refractivity contribution in [2.45, 2.75) is 24.7 Å². The highest BCUT2D eigenvalue weighted by Crippen LogP contribution is 2.52. The molecular weight excluding hydrogens is 413 g/mol. The number of aryl methyl sites for hydroxylation is 1. The van der Waals surface area contributed by atoms with Crippen LogP contribution < -0.4 is 0 Å². The lowest BCUT2D eigenvalue weighted by Gasteiger charge is -2.16. The number of hydrogen-bond acceptors (Lipinski definition) is 6. The molecule has 0 N–H and O–H groups in total. The van der Waals surface area contributed by atoms with Gasteiger partial charge in [0.05, 0.1) is 16.3 Å². The van der Waals surface area contributed by atoms with Gasteiger partial charge in [0.25, 0.3) is 15.5 Å². The molecule has 3 aromatic rings. The van der Waals surface area contributed by atoms with Crippen LogP contribution >= 0.6 is 7.60 Å². The van der Waals surface area contributed by atoms with Gasteiger partial charge in [-0.25, -0.2) is 12.4 Å². The number of rotatable bonds is 7. The van der Waals surface area contributed by atoms with Gasteiger partial charge in [0.1, 0.15) is 0 Å². The topological polar surface area (TPSA) is 91.7 Å². The van der Waals surface area contributed by atoms with Gasteiger partial charge in [0.15, 0.2) is 0 Å². The molecule has 0 aliphatic carbocycles. The maximum absolute atomic E-state index is 13.2. The summed E-state index contributed by atoms with van der Waals surface area (Å²) in [6.45, 7) is 3.42. The Morgan fingerprint density at radius 2 is 1.62 bits per heavy atom. The Bertz CT molecular complexity index is 1210. The standard InChI is InChI=1S/C20H22NO6PS/c1-14-9-11-16(12-10-14)29(24,25)21-13-18(17-7-5-6-8-19(17)21)15(2)20(22)28(23,26-3)27-4/h5-13,15H,1-4H3. The van der Waals surface area contributed by atoms with E-state index in [1.807, 2.05) is 6.92 Å². The van der Waals surface area contributed by atoms with Crippen LogP contribution in [0.4, 0.5) is 0 Å². The normalized spacial score (nSPS) is 13.5. The number of nitrogens with zero attached hydrogens (tertiary/aromatic N) is 1. The Kier molecular flexibility index (Phi) is 5.83. The predicted octanol–water partition coefficient (Wildman–Crippen LogP) is 4.30. The maximum Gasteiger partial charge on any atom is 0.396 e. The van der Waals surface area contributed by atoms with Crippen molar-refractivity contribution in [2.75, 3.05) is 14.2 Å². The van der Waals surface area contributed by atoms with Gasteiger partial charge in [-0.05, 0) is 30.7 Å². The van der Waals surface area contributed by atoms with Crippen LogP contribution in [-0.4, -0.2) is 32.1 Å². The molecule has 1 aromatic heterocycles. The van der Waals surface area contributed by atoms with Crippen molar-refractivity contribution in [1.82, 2.24) is 3.97 Å². The summed E-state index contributed by atoms with van der Waals surface area (Å²) in [4.78, 5) is 12.9. The van der Waals surface area contributed by atoms with Gasteiger partial charge < -0.3 is 9.05 Å². The minimum atomic E-state index is -3.96. The quantitative estimate of drug-likeness (QED) is 0.514. The Morgan fingerprint density at radius 1 is 1.03 bits per heavy atom. The molecule has 1 unspecified atom stereocenters. The summed E-state index contributed by atoms with van der Waals surface area (Å²) in [5, 5.41) is 0.572. The number of benzene rings is 2. The zero-order chi connectivity index (χ0) is 21.4. The molecule has 0 aliphatic heterocycles. The second-order valence-corrected chi connectivity index (χ2v) is 10.6. The molecule has 3 rings (SSSR count). The van der Waals surface area contributed by atoms with Gasteiger partial charge in [0, 0.05) is 25.8 Å². The predicted molar refractivity (Wildman–Crippen MR) is 111 cm³/mol. The molecule has 0 spiro atoms. The van der Waals surface area contributed by atoms with E-state index in [9.17, 15) is 17.8 Å². The van der Waals surface area contributed by atoms with E-state index >= 15 is 0 Å². The smallest absolute Gasteiger partial charge is 0.307 e. The van der Waals surface area contributed by atoms with Crippen molar-refractivity contribution in [3.8, 4) is 0 Å². The molecule has 1 heterocycles. The molecule has 29 heavy (non-hydrogen) atoms. The van der Waals surface area contributed by atoms with Crippen molar-refractivity contribution in [2.24, 2.45) is 0 Å². The molecule has 0 aliphatic rings. The molecule has 1 atom stereocenters. The number of para-hydroxylation sites is 1. The van der Waals surface area contributed by atoms with E-state index < -0.39 is 29.1 Å². The van der Waals surface area contributed by atoms with Gasteiger partial charge in [0.2, 0.25) is 0 Å². The minimum absolute atomic E-state index is 0.133. The molecule has 154 valence electrons. The third-order valence-electron chi connectivity index (χ3n) is 4.87. The van der Waals surface area contributed by atoms with E-state index in [4.69, 9.17) is 9.05 Å². The van der Waals surface area contributed by atoms with Crippen molar-refractivity contribution in [3.05, 3.63) is 65.9 Å². The second-order valence-electron chi connectivity index (χ2n) is 6.64. The van der Waals surface area contributed by atoms with Crippen molar-refractivity contribution in [1.29, 1.82) is 0 Å². The summed E-state index contributed by atoms with van der Waals surface area (Å²) >= 11 is 0. The van der Waals surface area contributed by atoms with Crippen molar-refractivity contribution in [3.63, 3.8) is 0 Å². The average Bonchev–Trinajstić information content (AvgIpc) is 3.13. The summed E-state index contributed by atoms with van der Waals surface area (Å²) in [7, 11) is -5.58. The van der Waals surface area contributed by atoms with Crippen LogP contribution in [0.1, 0.15) is 24.0 Å². The number of hydrogen-bond donors (Lipinski definition) is 0. The van der Waals surface area contributed by atoms with Crippen LogP contribution in [0, 0.1) is 6.92 Å². The van der Waals surface area contributed by atoms with E-state index in [1.165, 1.54) is 18.3 Å². The van der Waals surface area contributed by atoms with Gasteiger partial charge >= 0.3 is 7.60 Å². The molecule has 0 bridgehead atoms. The molecule has 2 aromatic carbocycles. The fourth-order valence-corrected chi connectivity index (χ4v) is 5.67. The van der Waals surface area contributed by atoms with E-state index in [2.05, 4.69) is 0 Å². The molecule has 0 amide bonds. The fraction of sp³-hybridized carbons (Fsp3) is 0.250. The molecule has 9 heteroatoms. The van der Waals surface area contributed by atoms with Gasteiger partial charge in [-0.3, -0.25) is 9.36 Å². The van der Waals surface area contributed by atoms with Crippen molar-refractivity contribution >= 4 is 34.0 Å². The molecule has 0 saturated carbocycles. The minimum Gasteiger partial charge on any atom is -0.307 e. The van der Waals surface area contributed by atoms with Crippen LogP contribution in [0.3, 0.4) is 0 Å². The summed E-state index contributed by atoms with van der Waals surface area (Å²) in [6, 6.07) is 13.4. The molecule has 0 saturated heterocycles. The lowest BCUT2D eigenvalue weighted by Crippen LogP contribution is -2.13. The van der Waals surface area contributed by atoms with Crippen LogP contribution in [0.5, 0.6) is 0 Å². The number of aromatic nitrogens is 1. The van der Waals surface area contributed by atoms with Crippen LogP contribution in [-0.2, 0) is 28.4 Å². The van der Waals surface area contributed by atoms with Crippen molar-refractivity contribution < 1.29 is 26.8 Å². The van der Waals surface area contributed by atoms with E-state index in [1.54, 1.807) is 43.3 Å². The Labute approximate surface area is 169 Å². The Morgan fingerprint density at radius 3 is 2.21 bits per heavy atom. The van der Waals surface area contributed by atoms with Crippen LogP contribution in [0.15, 0.2) is 59.6 Å². The monoisotopic (exact) mass is 435 g/mol. The molecule has 0 fully saturated rings. The summed E-state index contributed by atoms with van der Waals surface area (Å²) in [5.41, 5.74) is 1.05. The first-order chi connectivity index (χ1) is 13.7. The summed E-state index contributed by atoms with van der Waals surface area (Å²) in [5.74, 6) is -0.903.